The lowest BCUT2D eigenvalue weighted by Crippen LogP contribution is -2.29. The van der Waals surface area contributed by atoms with Gasteiger partial charge in [-0.2, -0.15) is 0 Å². The molecule has 0 bridgehead atoms. The molecule has 0 saturated carbocycles. The van der Waals surface area contributed by atoms with Gasteiger partial charge in [-0.05, 0) is 32.9 Å². The Morgan fingerprint density at radius 2 is 1.93 bits per heavy atom. The highest BCUT2D eigenvalue weighted by molar-refractivity contribution is 6.40. The molecule has 14 heavy (non-hydrogen) atoms. The summed E-state index contributed by atoms with van der Waals surface area (Å²) in [4.78, 5) is 11.3. The van der Waals surface area contributed by atoms with Crippen LogP contribution in [0.2, 0.25) is 0 Å². The molecule has 1 amide bonds. The van der Waals surface area contributed by atoms with E-state index in [-0.39, 0.29) is 5.71 Å². The van der Waals surface area contributed by atoms with Crippen LogP contribution in [0.1, 0.15) is 18.3 Å². The highest BCUT2D eigenvalue weighted by Crippen LogP contribution is 2.03. The first-order valence-corrected chi connectivity index (χ1v) is 4.21. The van der Waals surface area contributed by atoms with Gasteiger partial charge in [-0.15, -0.1) is 0 Å². The highest BCUT2D eigenvalue weighted by Gasteiger charge is 2.08. The number of hydrogen-bond acceptors (Lipinski definition) is 3. The summed E-state index contributed by atoms with van der Waals surface area (Å²) in [5.74, 6) is -0.421. The molecule has 1 aromatic rings. The van der Waals surface area contributed by atoms with Gasteiger partial charge in [0.2, 0.25) is 0 Å². The number of amides is 1. The summed E-state index contributed by atoms with van der Waals surface area (Å²) in [6, 6.07) is 3.78. The van der Waals surface area contributed by atoms with Crippen LogP contribution < -0.4 is 5.43 Å². The van der Waals surface area contributed by atoms with E-state index in [9.17, 15) is 4.79 Å². The summed E-state index contributed by atoms with van der Waals surface area (Å²) >= 11 is 0. The maximum atomic E-state index is 11.3. The molecule has 0 saturated heterocycles. The Morgan fingerprint density at radius 3 is 2.36 bits per heavy atom. The van der Waals surface area contributed by atoms with Crippen molar-refractivity contribution < 1.29 is 10.0 Å². The predicted molar refractivity (Wildman–Crippen MR) is 53.2 cm³/mol. The standard InChI is InChI=1S/C9H13N3O2/c1-6-4-5-7(2)12(6)10-9(13)8(3)11-14/h4-5,14H,1-3H3,(H,10,13)/b11-8-. The molecule has 5 nitrogen and oxygen atoms in total. The Hall–Kier alpha value is -1.78. The number of carbonyl (C=O) groups excluding carboxylic acids is 1. The molecular formula is C9H13N3O2. The van der Waals surface area contributed by atoms with Gasteiger partial charge in [0.25, 0.3) is 5.91 Å². The average molecular weight is 195 g/mol. The second-order valence-electron chi connectivity index (χ2n) is 3.08. The number of oxime groups is 1. The number of nitrogens with zero attached hydrogens (tertiary/aromatic N) is 2. The average Bonchev–Trinajstić information content (AvgIpc) is 2.48. The monoisotopic (exact) mass is 195 g/mol. The van der Waals surface area contributed by atoms with Gasteiger partial charge in [-0.1, -0.05) is 5.16 Å². The molecule has 0 aliphatic carbocycles. The van der Waals surface area contributed by atoms with Crippen molar-refractivity contribution in [1.29, 1.82) is 0 Å². The minimum Gasteiger partial charge on any atom is -0.410 e. The Kier molecular flexibility index (Phi) is 2.91. The summed E-state index contributed by atoms with van der Waals surface area (Å²) < 4.78 is 1.64. The second kappa shape index (κ2) is 3.95. The Balaban J connectivity index is 2.84. The lowest BCUT2D eigenvalue weighted by molar-refractivity contribution is -0.111. The SMILES string of the molecule is C/C(=N/O)C(=O)Nn1c(C)ccc1C. The lowest BCUT2D eigenvalue weighted by Gasteiger charge is -2.09. The van der Waals surface area contributed by atoms with E-state index in [0.717, 1.165) is 11.4 Å². The second-order valence-corrected chi connectivity index (χ2v) is 3.08. The van der Waals surface area contributed by atoms with Gasteiger partial charge in [-0.3, -0.25) is 14.9 Å². The number of hydrogen-bond donors (Lipinski definition) is 2. The molecule has 0 aliphatic rings. The van der Waals surface area contributed by atoms with E-state index in [1.165, 1.54) is 6.92 Å². The van der Waals surface area contributed by atoms with Gasteiger partial charge < -0.3 is 5.21 Å². The molecule has 5 heteroatoms. The zero-order chi connectivity index (χ0) is 10.7. The molecule has 0 fully saturated rings. The third-order valence-corrected chi connectivity index (χ3v) is 1.96. The molecule has 0 radical (unpaired) electrons. The molecular weight excluding hydrogens is 182 g/mol. The molecule has 0 aliphatic heterocycles. The maximum Gasteiger partial charge on any atom is 0.287 e. The highest BCUT2D eigenvalue weighted by atomic mass is 16.4. The van der Waals surface area contributed by atoms with Crippen molar-refractivity contribution in [1.82, 2.24) is 4.68 Å². The largest absolute Gasteiger partial charge is 0.410 e. The fraction of sp³-hybridized carbons (Fsp3) is 0.333. The molecule has 76 valence electrons. The smallest absolute Gasteiger partial charge is 0.287 e. The normalized spacial score (nSPS) is 11.5. The zero-order valence-corrected chi connectivity index (χ0v) is 8.40. The van der Waals surface area contributed by atoms with Crippen LogP contribution in [0.4, 0.5) is 0 Å². The van der Waals surface area contributed by atoms with Gasteiger partial charge in [0, 0.05) is 11.4 Å². The van der Waals surface area contributed by atoms with E-state index < -0.39 is 5.91 Å². The van der Waals surface area contributed by atoms with Crippen LogP contribution in [-0.2, 0) is 4.79 Å². The van der Waals surface area contributed by atoms with Gasteiger partial charge in [-0.25, -0.2) is 0 Å². The first-order chi connectivity index (χ1) is 6.56. The van der Waals surface area contributed by atoms with Gasteiger partial charge in [0.1, 0.15) is 5.71 Å². The summed E-state index contributed by atoms with van der Waals surface area (Å²) in [5.41, 5.74) is 4.46. The quantitative estimate of drug-likeness (QED) is 0.420. The molecule has 2 N–H and O–H groups in total. The topological polar surface area (TPSA) is 66.6 Å². The molecule has 0 atom stereocenters. The number of nitrogens with one attached hydrogen (secondary N) is 1. The van der Waals surface area contributed by atoms with Crippen molar-refractivity contribution in [3.05, 3.63) is 23.5 Å². The predicted octanol–water partition coefficient (Wildman–Crippen LogP) is 1.03. The Morgan fingerprint density at radius 1 is 1.43 bits per heavy atom. The molecule has 1 rings (SSSR count). The number of carbonyl (C=O) groups is 1. The van der Waals surface area contributed by atoms with Gasteiger partial charge >= 0.3 is 0 Å². The van der Waals surface area contributed by atoms with Crippen molar-refractivity contribution >= 4 is 11.6 Å². The van der Waals surface area contributed by atoms with E-state index in [1.807, 2.05) is 26.0 Å². The van der Waals surface area contributed by atoms with Crippen LogP contribution in [0.5, 0.6) is 0 Å². The lowest BCUT2D eigenvalue weighted by atomic mass is 10.4. The summed E-state index contributed by atoms with van der Waals surface area (Å²) in [5, 5.41) is 11.2. The van der Waals surface area contributed by atoms with E-state index in [0.29, 0.717) is 0 Å². The van der Waals surface area contributed by atoms with Crippen LogP contribution in [0.15, 0.2) is 17.3 Å². The minimum atomic E-state index is -0.421. The van der Waals surface area contributed by atoms with Crippen LogP contribution in [0.25, 0.3) is 0 Å². The van der Waals surface area contributed by atoms with Crippen LogP contribution >= 0.6 is 0 Å². The fourth-order valence-electron chi connectivity index (χ4n) is 1.07. The fourth-order valence-corrected chi connectivity index (χ4v) is 1.07. The number of aryl methyl sites for hydroxylation is 2. The van der Waals surface area contributed by atoms with Crippen molar-refractivity contribution in [3.8, 4) is 0 Å². The molecule has 1 heterocycles. The van der Waals surface area contributed by atoms with Crippen molar-refractivity contribution in [2.45, 2.75) is 20.8 Å². The molecule has 0 unspecified atom stereocenters. The third-order valence-electron chi connectivity index (χ3n) is 1.96. The van der Waals surface area contributed by atoms with Crippen LogP contribution in [0, 0.1) is 13.8 Å². The molecule has 0 aromatic carbocycles. The summed E-state index contributed by atoms with van der Waals surface area (Å²) in [6.07, 6.45) is 0. The zero-order valence-electron chi connectivity index (χ0n) is 8.40. The van der Waals surface area contributed by atoms with Crippen molar-refractivity contribution in [2.24, 2.45) is 5.16 Å². The minimum absolute atomic E-state index is 0.0255. The summed E-state index contributed by atoms with van der Waals surface area (Å²) in [7, 11) is 0. The molecule has 1 aromatic heterocycles. The van der Waals surface area contributed by atoms with E-state index in [2.05, 4.69) is 10.6 Å². The van der Waals surface area contributed by atoms with Gasteiger partial charge in [0.15, 0.2) is 0 Å². The number of rotatable bonds is 2. The van der Waals surface area contributed by atoms with Crippen molar-refractivity contribution in [3.63, 3.8) is 0 Å². The van der Waals surface area contributed by atoms with Crippen molar-refractivity contribution in [2.75, 3.05) is 5.43 Å². The van der Waals surface area contributed by atoms with Gasteiger partial charge in [0.05, 0.1) is 0 Å². The Labute approximate surface area is 82.0 Å². The third kappa shape index (κ3) is 1.93. The summed E-state index contributed by atoms with van der Waals surface area (Å²) in [6.45, 7) is 5.18. The first-order valence-electron chi connectivity index (χ1n) is 4.21. The van der Waals surface area contributed by atoms with E-state index in [4.69, 9.17) is 5.21 Å². The Bertz CT molecular complexity index is 360. The van der Waals surface area contributed by atoms with Crippen LogP contribution in [-0.4, -0.2) is 21.5 Å². The maximum absolute atomic E-state index is 11.3. The first kappa shape index (κ1) is 10.3. The van der Waals surface area contributed by atoms with Crippen LogP contribution in [0.3, 0.4) is 0 Å². The van der Waals surface area contributed by atoms with E-state index in [1.54, 1.807) is 4.68 Å². The van der Waals surface area contributed by atoms with E-state index >= 15 is 0 Å². The molecule has 0 spiro atoms. The number of aromatic nitrogens is 1.